The minimum Gasteiger partial charge on any atom is -0.382 e. The van der Waals surface area contributed by atoms with Gasteiger partial charge in [-0.05, 0) is 61.8 Å². The normalized spacial score (nSPS) is 9.93. The Morgan fingerprint density at radius 3 is 1.96 bits per heavy atom. The van der Waals surface area contributed by atoms with Gasteiger partial charge in [-0.2, -0.15) is 11.8 Å². The molecule has 0 aliphatic heterocycles. The molecule has 0 unspecified atom stereocenters. The number of thioether (sulfide) groups is 1. The van der Waals surface area contributed by atoms with Crippen molar-refractivity contribution in [1.82, 2.24) is 0 Å². The van der Waals surface area contributed by atoms with Crippen LogP contribution in [0.3, 0.4) is 0 Å². The second-order valence-electron chi connectivity index (χ2n) is 6.58. The van der Waals surface area contributed by atoms with E-state index < -0.39 is 0 Å². The number of hydrogen-bond acceptors (Lipinski definition) is 2. The SMILES string of the molecule is C.C.C#Cc1ccc(CCCCCCCCCCSCCCOCC)cc1. The Bertz CT molecular complexity index is 446. The van der Waals surface area contributed by atoms with Crippen LogP contribution >= 0.6 is 11.8 Å². The van der Waals surface area contributed by atoms with Gasteiger partial charge >= 0.3 is 0 Å². The standard InChI is InChI=1S/C23H36OS.2CH4/c1-3-22-15-17-23(18-16-22)14-11-9-7-5-6-8-10-12-20-25-21-13-19-24-4-2;;/h1,15-18H,4-14,19-21H2,2H3;2*1H4. The largest absolute Gasteiger partial charge is 0.382 e. The van der Waals surface area contributed by atoms with Gasteiger partial charge in [-0.15, -0.1) is 6.42 Å². The molecule has 0 heterocycles. The molecule has 0 saturated carbocycles. The lowest BCUT2D eigenvalue weighted by Gasteiger charge is -2.04. The Hall–Kier alpha value is -0.910. The van der Waals surface area contributed by atoms with E-state index >= 15 is 0 Å². The molecule has 0 aromatic heterocycles. The van der Waals surface area contributed by atoms with Crippen molar-refractivity contribution in [3.63, 3.8) is 0 Å². The summed E-state index contributed by atoms with van der Waals surface area (Å²) in [5, 5.41) is 0. The van der Waals surface area contributed by atoms with Gasteiger partial charge in [-0.25, -0.2) is 0 Å². The average molecular weight is 393 g/mol. The molecule has 2 heteroatoms. The van der Waals surface area contributed by atoms with Gasteiger partial charge in [0, 0.05) is 18.8 Å². The first-order chi connectivity index (χ1) is 12.4. The molecule has 1 nitrogen and oxygen atoms in total. The molecule has 1 rings (SSSR count). The number of hydrogen-bond donors (Lipinski definition) is 0. The van der Waals surface area contributed by atoms with Crippen molar-refractivity contribution in [3.05, 3.63) is 35.4 Å². The van der Waals surface area contributed by atoms with Crippen LogP contribution in [0.5, 0.6) is 0 Å². The number of terminal acetylenes is 1. The average Bonchev–Trinajstić information content (AvgIpc) is 2.65. The minimum atomic E-state index is 0. The van der Waals surface area contributed by atoms with Gasteiger partial charge in [-0.1, -0.05) is 71.4 Å². The predicted octanol–water partition coefficient (Wildman–Crippen LogP) is 7.76. The zero-order chi connectivity index (χ0) is 18.0. The van der Waals surface area contributed by atoms with Crippen LogP contribution in [-0.4, -0.2) is 24.7 Å². The zero-order valence-corrected chi connectivity index (χ0v) is 16.9. The van der Waals surface area contributed by atoms with Crippen molar-refractivity contribution in [1.29, 1.82) is 0 Å². The lowest BCUT2D eigenvalue weighted by Crippen LogP contribution is -1.95. The first kappa shape index (κ1) is 28.3. The van der Waals surface area contributed by atoms with Crippen molar-refractivity contribution in [2.75, 3.05) is 24.7 Å². The van der Waals surface area contributed by atoms with Crippen LogP contribution in [0.1, 0.15) is 90.7 Å². The van der Waals surface area contributed by atoms with Crippen molar-refractivity contribution in [3.8, 4) is 12.3 Å². The highest BCUT2D eigenvalue weighted by atomic mass is 32.2. The van der Waals surface area contributed by atoms with Crippen molar-refractivity contribution in [2.24, 2.45) is 0 Å². The van der Waals surface area contributed by atoms with Gasteiger partial charge in [0.25, 0.3) is 0 Å². The van der Waals surface area contributed by atoms with Crippen LogP contribution in [0, 0.1) is 12.3 Å². The Morgan fingerprint density at radius 1 is 0.815 bits per heavy atom. The molecular weight excluding hydrogens is 348 g/mol. The smallest absolute Gasteiger partial charge is 0.0473 e. The lowest BCUT2D eigenvalue weighted by atomic mass is 10.0. The Kier molecular flexibility index (Phi) is 22.4. The molecule has 0 saturated heterocycles. The number of benzene rings is 1. The second kappa shape index (κ2) is 21.4. The zero-order valence-electron chi connectivity index (χ0n) is 16.1. The third-order valence-corrected chi connectivity index (χ3v) is 5.56. The van der Waals surface area contributed by atoms with E-state index in [9.17, 15) is 0 Å². The molecule has 1 aromatic carbocycles. The van der Waals surface area contributed by atoms with Crippen LogP contribution in [0.25, 0.3) is 0 Å². The fourth-order valence-corrected chi connectivity index (χ4v) is 3.81. The van der Waals surface area contributed by atoms with E-state index in [-0.39, 0.29) is 14.9 Å². The summed E-state index contributed by atoms with van der Waals surface area (Å²) in [6.45, 7) is 3.84. The molecule has 0 amide bonds. The summed E-state index contributed by atoms with van der Waals surface area (Å²) in [5.74, 6) is 5.25. The summed E-state index contributed by atoms with van der Waals surface area (Å²) in [5.41, 5.74) is 2.39. The predicted molar refractivity (Wildman–Crippen MR) is 127 cm³/mol. The van der Waals surface area contributed by atoms with E-state index in [1.807, 2.05) is 12.1 Å². The van der Waals surface area contributed by atoms with Gasteiger partial charge in [0.2, 0.25) is 0 Å². The van der Waals surface area contributed by atoms with Crippen molar-refractivity contribution in [2.45, 2.75) is 86.0 Å². The molecule has 156 valence electrons. The molecule has 0 bridgehead atoms. The van der Waals surface area contributed by atoms with Crippen molar-refractivity contribution >= 4 is 11.8 Å². The third kappa shape index (κ3) is 17.0. The highest BCUT2D eigenvalue weighted by Gasteiger charge is 1.96. The second-order valence-corrected chi connectivity index (χ2v) is 7.81. The Labute approximate surface area is 175 Å². The molecule has 0 spiro atoms. The van der Waals surface area contributed by atoms with E-state index in [0.717, 1.165) is 18.8 Å². The molecule has 0 radical (unpaired) electrons. The fraction of sp³-hybridized carbons (Fsp3) is 0.680. The first-order valence-electron chi connectivity index (χ1n) is 10.1. The van der Waals surface area contributed by atoms with E-state index in [0.29, 0.717) is 0 Å². The maximum Gasteiger partial charge on any atom is 0.0473 e. The molecule has 0 fully saturated rings. The summed E-state index contributed by atoms with van der Waals surface area (Å²) in [6.07, 6.45) is 18.8. The van der Waals surface area contributed by atoms with Gasteiger partial charge in [0.1, 0.15) is 0 Å². The lowest BCUT2D eigenvalue weighted by molar-refractivity contribution is 0.149. The number of ether oxygens (including phenoxy) is 1. The van der Waals surface area contributed by atoms with Crippen LogP contribution in [0.2, 0.25) is 0 Å². The summed E-state index contributed by atoms with van der Waals surface area (Å²) in [7, 11) is 0. The number of rotatable bonds is 16. The summed E-state index contributed by atoms with van der Waals surface area (Å²) < 4.78 is 5.35. The van der Waals surface area contributed by atoms with Gasteiger partial charge in [0.05, 0.1) is 0 Å². The maximum absolute atomic E-state index is 5.38. The summed E-state index contributed by atoms with van der Waals surface area (Å²) in [4.78, 5) is 0. The quantitative estimate of drug-likeness (QED) is 0.210. The van der Waals surface area contributed by atoms with E-state index in [1.165, 1.54) is 81.3 Å². The molecule has 0 aliphatic carbocycles. The highest BCUT2D eigenvalue weighted by Crippen LogP contribution is 2.13. The summed E-state index contributed by atoms with van der Waals surface area (Å²) in [6, 6.07) is 8.44. The fourth-order valence-electron chi connectivity index (χ4n) is 2.87. The Morgan fingerprint density at radius 2 is 1.37 bits per heavy atom. The van der Waals surface area contributed by atoms with E-state index in [2.05, 4.69) is 36.7 Å². The topological polar surface area (TPSA) is 9.23 Å². The van der Waals surface area contributed by atoms with Gasteiger partial charge in [-0.3, -0.25) is 0 Å². The van der Waals surface area contributed by atoms with Crippen LogP contribution in [0.4, 0.5) is 0 Å². The van der Waals surface area contributed by atoms with Crippen molar-refractivity contribution < 1.29 is 4.74 Å². The van der Waals surface area contributed by atoms with E-state index in [1.54, 1.807) is 0 Å². The minimum absolute atomic E-state index is 0. The van der Waals surface area contributed by atoms with Crippen LogP contribution in [0.15, 0.2) is 24.3 Å². The molecular formula is C25H44OS. The van der Waals surface area contributed by atoms with Crippen LogP contribution in [-0.2, 0) is 11.2 Å². The third-order valence-electron chi connectivity index (χ3n) is 4.41. The maximum atomic E-state index is 5.38. The monoisotopic (exact) mass is 392 g/mol. The first-order valence-corrected chi connectivity index (χ1v) is 11.2. The molecule has 27 heavy (non-hydrogen) atoms. The molecule has 0 aliphatic rings. The number of aryl methyl sites for hydroxylation is 1. The summed E-state index contributed by atoms with van der Waals surface area (Å²) >= 11 is 2.09. The molecule has 0 N–H and O–H groups in total. The van der Waals surface area contributed by atoms with E-state index in [4.69, 9.17) is 11.2 Å². The molecule has 1 aromatic rings. The van der Waals surface area contributed by atoms with Crippen LogP contribution < -0.4 is 0 Å². The number of unbranched alkanes of at least 4 members (excludes halogenated alkanes) is 7. The van der Waals surface area contributed by atoms with Gasteiger partial charge in [0.15, 0.2) is 0 Å². The Balaban J connectivity index is 0. The molecule has 0 atom stereocenters. The van der Waals surface area contributed by atoms with Gasteiger partial charge < -0.3 is 4.74 Å². The highest BCUT2D eigenvalue weighted by molar-refractivity contribution is 7.99.